The first-order chi connectivity index (χ1) is 8.30. The van der Waals surface area contributed by atoms with Gasteiger partial charge in [-0.15, -0.1) is 0 Å². The molecule has 0 bridgehead atoms. The van der Waals surface area contributed by atoms with E-state index in [0.717, 1.165) is 30.8 Å². The van der Waals surface area contributed by atoms with Crippen LogP contribution in [0, 0.1) is 11.3 Å². The number of rotatable bonds is 3. The van der Waals surface area contributed by atoms with E-state index in [-0.39, 0.29) is 0 Å². The fraction of sp³-hybridized carbons (Fsp3) is 0.462. The zero-order valence-electron chi connectivity index (χ0n) is 10.1. The molecular formula is C13H16N2O2. The number of methoxy groups -OCH3 is 2. The molecule has 0 amide bonds. The Hall–Kier alpha value is -1.73. The number of hydrogen-bond acceptors (Lipinski definition) is 4. The van der Waals surface area contributed by atoms with Crippen molar-refractivity contribution >= 4 is 0 Å². The van der Waals surface area contributed by atoms with E-state index in [2.05, 4.69) is 11.4 Å². The molecule has 0 radical (unpaired) electrons. The summed E-state index contributed by atoms with van der Waals surface area (Å²) in [5.74, 6) is 1.78. The molecule has 0 spiro atoms. The van der Waals surface area contributed by atoms with Crippen molar-refractivity contribution in [1.82, 2.24) is 5.32 Å². The molecule has 1 aliphatic rings. The first-order valence-electron chi connectivity index (χ1n) is 5.67. The van der Waals surface area contributed by atoms with Crippen molar-refractivity contribution < 1.29 is 9.47 Å². The number of nitrogens with zero attached hydrogens (tertiary/aromatic N) is 1. The van der Waals surface area contributed by atoms with Gasteiger partial charge in [-0.3, -0.25) is 0 Å². The zero-order chi connectivity index (χ0) is 12.3. The van der Waals surface area contributed by atoms with Crippen LogP contribution in [-0.2, 0) is 0 Å². The molecule has 4 heteroatoms. The third kappa shape index (κ3) is 2.20. The Labute approximate surface area is 101 Å². The van der Waals surface area contributed by atoms with Gasteiger partial charge in [0.05, 0.1) is 25.9 Å². The lowest BCUT2D eigenvalue weighted by atomic mass is 9.95. The minimum atomic E-state index is 0.396. The lowest BCUT2D eigenvalue weighted by Crippen LogP contribution is -2.09. The van der Waals surface area contributed by atoms with E-state index in [1.807, 2.05) is 6.07 Å². The Kier molecular flexibility index (Phi) is 3.50. The fourth-order valence-electron chi connectivity index (χ4n) is 2.28. The lowest BCUT2D eigenvalue weighted by Gasteiger charge is -2.17. The van der Waals surface area contributed by atoms with Crippen LogP contribution in [0.3, 0.4) is 0 Å². The van der Waals surface area contributed by atoms with Crippen LogP contribution in [0.1, 0.15) is 23.5 Å². The maximum atomic E-state index is 9.03. The van der Waals surface area contributed by atoms with Crippen molar-refractivity contribution in [3.8, 4) is 17.6 Å². The van der Waals surface area contributed by atoms with Crippen LogP contribution in [0.15, 0.2) is 12.1 Å². The van der Waals surface area contributed by atoms with Crippen LogP contribution >= 0.6 is 0 Å². The third-order valence-electron chi connectivity index (χ3n) is 3.14. The smallest absolute Gasteiger partial charge is 0.164 e. The summed E-state index contributed by atoms with van der Waals surface area (Å²) in [7, 11) is 3.23. The minimum Gasteiger partial charge on any atom is -0.493 e. The standard InChI is InChI=1S/C13H16N2O2/c1-16-12-6-9(7-14)5-11(13(12)17-2)10-3-4-15-8-10/h5-6,10,15H,3-4,8H2,1-2H3. The van der Waals surface area contributed by atoms with Gasteiger partial charge in [-0.2, -0.15) is 5.26 Å². The van der Waals surface area contributed by atoms with Crippen molar-refractivity contribution in [2.24, 2.45) is 0 Å². The molecule has 1 atom stereocenters. The normalized spacial score (nSPS) is 18.8. The summed E-state index contributed by atoms with van der Waals surface area (Å²) in [6, 6.07) is 5.78. The molecular weight excluding hydrogens is 216 g/mol. The number of benzene rings is 1. The second kappa shape index (κ2) is 5.07. The number of nitriles is 1. The van der Waals surface area contributed by atoms with E-state index in [0.29, 0.717) is 17.2 Å². The van der Waals surface area contributed by atoms with Gasteiger partial charge < -0.3 is 14.8 Å². The van der Waals surface area contributed by atoms with Crippen molar-refractivity contribution in [2.45, 2.75) is 12.3 Å². The van der Waals surface area contributed by atoms with E-state index in [1.165, 1.54) is 0 Å². The van der Waals surface area contributed by atoms with E-state index < -0.39 is 0 Å². The topological polar surface area (TPSA) is 54.3 Å². The van der Waals surface area contributed by atoms with Crippen LogP contribution in [0.4, 0.5) is 0 Å². The average Bonchev–Trinajstić information content (AvgIpc) is 2.90. The molecule has 2 rings (SSSR count). The summed E-state index contributed by atoms with van der Waals surface area (Å²) in [6.07, 6.45) is 1.06. The van der Waals surface area contributed by atoms with Crippen LogP contribution in [0.5, 0.6) is 11.5 Å². The first kappa shape index (κ1) is 11.7. The molecule has 4 nitrogen and oxygen atoms in total. The summed E-state index contributed by atoms with van der Waals surface area (Å²) in [5, 5.41) is 12.3. The van der Waals surface area contributed by atoms with E-state index >= 15 is 0 Å². The highest BCUT2D eigenvalue weighted by molar-refractivity contribution is 5.54. The monoisotopic (exact) mass is 232 g/mol. The molecule has 0 aliphatic carbocycles. The molecule has 90 valence electrons. The van der Waals surface area contributed by atoms with Crippen LogP contribution < -0.4 is 14.8 Å². The molecule has 1 aromatic carbocycles. The number of ether oxygens (including phenoxy) is 2. The molecule has 1 aliphatic heterocycles. The van der Waals surface area contributed by atoms with Gasteiger partial charge >= 0.3 is 0 Å². The van der Waals surface area contributed by atoms with Crippen molar-refractivity contribution in [3.05, 3.63) is 23.3 Å². The summed E-state index contributed by atoms with van der Waals surface area (Å²) >= 11 is 0. The maximum absolute atomic E-state index is 9.03. The Morgan fingerprint density at radius 1 is 1.35 bits per heavy atom. The molecule has 1 unspecified atom stereocenters. The molecule has 1 aromatic rings. The van der Waals surface area contributed by atoms with Gasteiger partial charge in [0, 0.05) is 24.1 Å². The molecule has 17 heavy (non-hydrogen) atoms. The van der Waals surface area contributed by atoms with Crippen LogP contribution in [0.25, 0.3) is 0 Å². The van der Waals surface area contributed by atoms with Crippen molar-refractivity contribution in [1.29, 1.82) is 5.26 Å². The molecule has 0 aromatic heterocycles. The van der Waals surface area contributed by atoms with Crippen LogP contribution in [-0.4, -0.2) is 27.3 Å². The van der Waals surface area contributed by atoms with Gasteiger partial charge in [0.1, 0.15) is 0 Å². The van der Waals surface area contributed by atoms with Gasteiger partial charge in [0.25, 0.3) is 0 Å². The summed E-state index contributed by atoms with van der Waals surface area (Å²) in [5.41, 5.74) is 1.68. The Morgan fingerprint density at radius 2 is 2.18 bits per heavy atom. The molecule has 1 fully saturated rings. The number of hydrogen-bond donors (Lipinski definition) is 1. The van der Waals surface area contributed by atoms with E-state index in [4.69, 9.17) is 14.7 Å². The summed E-state index contributed by atoms with van der Waals surface area (Å²) < 4.78 is 10.7. The van der Waals surface area contributed by atoms with Gasteiger partial charge in [0.2, 0.25) is 0 Å². The average molecular weight is 232 g/mol. The Balaban J connectivity index is 2.50. The highest BCUT2D eigenvalue weighted by Gasteiger charge is 2.23. The van der Waals surface area contributed by atoms with Gasteiger partial charge in [-0.1, -0.05) is 0 Å². The van der Waals surface area contributed by atoms with Gasteiger partial charge in [-0.05, 0) is 19.0 Å². The van der Waals surface area contributed by atoms with Crippen molar-refractivity contribution in [3.63, 3.8) is 0 Å². The van der Waals surface area contributed by atoms with Gasteiger partial charge in [0.15, 0.2) is 11.5 Å². The van der Waals surface area contributed by atoms with E-state index in [9.17, 15) is 0 Å². The number of nitrogens with one attached hydrogen (secondary N) is 1. The molecule has 1 heterocycles. The Morgan fingerprint density at radius 3 is 2.71 bits per heavy atom. The van der Waals surface area contributed by atoms with E-state index in [1.54, 1.807) is 20.3 Å². The third-order valence-corrected chi connectivity index (χ3v) is 3.14. The van der Waals surface area contributed by atoms with Gasteiger partial charge in [-0.25, -0.2) is 0 Å². The highest BCUT2D eigenvalue weighted by atomic mass is 16.5. The maximum Gasteiger partial charge on any atom is 0.164 e. The van der Waals surface area contributed by atoms with Crippen LogP contribution in [0.2, 0.25) is 0 Å². The fourth-order valence-corrected chi connectivity index (χ4v) is 2.28. The predicted octanol–water partition coefficient (Wildman–Crippen LogP) is 1.65. The summed E-state index contributed by atoms with van der Waals surface area (Å²) in [4.78, 5) is 0. The second-order valence-electron chi connectivity index (χ2n) is 4.10. The molecule has 1 N–H and O–H groups in total. The quantitative estimate of drug-likeness (QED) is 0.861. The molecule has 1 saturated heterocycles. The minimum absolute atomic E-state index is 0.396. The molecule has 0 saturated carbocycles. The largest absolute Gasteiger partial charge is 0.493 e. The second-order valence-corrected chi connectivity index (χ2v) is 4.10. The van der Waals surface area contributed by atoms with Crippen molar-refractivity contribution in [2.75, 3.05) is 27.3 Å². The first-order valence-corrected chi connectivity index (χ1v) is 5.67. The SMILES string of the molecule is COc1cc(C#N)cc(C2CCNC2)c1OC. The zero-order valence-corrected chi connectivity index (χ0v) is 10.1. The highest BCUT2D eigenvalue weighted by Crippen LogP contribution is 2.38. The Bertz CT molecular complexity index is 445. The summed E-state index contributed by atoms with van der Waals surface area (Å²) in [6.45, 7) is 1.93. The predicted molar refractivity (Wildman–Crippen MR) is 64.5 cm³/mol. The lowest BCUT2D eigenvalue weighted by molar-refractivity contribution is 0.349.